The fourth-order valence-corrected chi connectivity index (χ4v) is 3.38. The van der Waals surface area contributed by atoms with Crippen molar-refractivity contribution < 1.29 is 23.1 Å². The van der Waals surface area contributed by atoms with Gasteiger partial charge in [0, 0.05) is 19.6 Å². The highest BCUT2D eigenvalue weighted by Crippen LogP contribution is 2.58. The van der Waals surface area contributed by atoms with Crippen LogP contribution in [0.4, 0.5) is 13.2 Å². The van der Waals surface area contributed by atoms with Gasteiger partial charge in [-0.15, -0.1) is 5.10 Å². The molecule has 2 fully saturated rings. The molecule has 1 N–H and O–H groups in total. The summed E-state index contributed by atoms with van der Waals surface area (Å²) < 4.78 is 41.1. The SMILES string of the molecule is CC(C)(O)c1cn(CC2CCCN(C(=O)C3(C(F)(F)F)CC3)C2)nn1. The predicted molar refractivity (Wildman–Crippen MR) is 82.3 cm³/mol. The summed E-state index contributed by atoms with van der Waals surface area (Å²) in [6.07, 6.45) is -1.54. The highest BCUT2D eigenvalue weighted by molar-refractivity contribution is 5.86. The summed E-state index contributed by atoms with van der Waals surface area (Å²) in [4.78, 5) is 13.8. The van der Waals surface area contributed by atoms with E-state index in [0.29, 0.717) is 31.7 Å². The van der Waals surface area contributed by atoms with Crippen LogP contribution in [0.1, 0.15) is 45.2 Å². The van der Waals surface area contributed by atoms with E-state index in [0.717, 1.165) is 6.42 Å². The Morgan fingerprint density at radius 2 is 2.08 bits per heavy atom. The van der Waals surface area contributed by atoms with Crippen molar-refractivity contribution in [1.82, 2.24) is 19.9 Å². The number of aromatic nitrogens is 3. The van der Waals surface area contributed by atoms with Crippen LogP contribution >= 0.6 is 0 Å². The summed E-state index contributed by atoms with van der Waals surface area (Å²) in [5.41, 5.74) is -2.81. The molecule has 2 aliphatic rings. The van der Waals surface area contributed by atoms with Gasteiger partial charge in [0.2, 0.25) is 5.91 Å². The molecule has 1 saturated carbocycles. The molecule has 25 heavy (non-hydrogen) atoms. The number of alkyl halides is 3. The minimum Gasteiger partial charge on any atom is -0.384 e. The number of carbonyl (C=O) groups excluding carboxylic acids is 1. The molecule has 1 aromatic heterocycles. The Morgan fingerprint density at radius 1 is 1.40 bits per heavy atom. The van der Waals surface area contributed by atoms with E-state index in [-0.39, 0.29) is 18.8 Å². The molecular formula is C16H23F3N4O2. The Labute approximate surface area is 144 Å². The van der Waals surface area contributed by atoms with Crippen LogP contribution in [0.5, 0.6) is 0 Å². The number of aliphatic hydroxyl groups is 1. The van der Waals surface area contributed by atoms with Gasteiger partial charge in [-0.1, -0.05) is 5.21 Å². The number of nitrogens with zero attached hydrogens (tertiary/aromatic N) is 4. The number of likely N-dealkylation sites (tertiary alicyclic amines) is 1. The number of carbonyl (C=O) groups is 1. The van der Waals surface area contributed by atoms with Gasteiger partial charge in [0.05, 0.1) is 6.20 Å². The van der Waals surface area contributed by atoms with E-state index >= 15 is 0 Å². The van der Waals surface area contributed by atoms with Gasteiger partial charge in [0.25, 0.3) is 0 Å². The van der Waals surface area contributed by atoms with E-state index in [1.165, 1.54) is 4.90 Å². The first-order valence-electron chi connectivity index (χ1n) is 8.52. The van der Waals surface area contributed by atoms with Crippen molar-refractivity contribution in [3.63, 3.8) is 0 Å². The van der Waals surface area contributed by atoms with Gasteiger partial charge in [-0.2, -0.15) is 13.2 Å². The van der Waals surface area contributed by atoms with Gasteiger partial charge >= 0.3 is 6.18 Å². The molecular weight excluding hydrogens is 337 g/mol. The molecule has 9 heteroatoms. The Balaban J connectivity index is 1.64. The van der Waals surface area contributed by atoms with Crippen LogP contribution in [0.3, 0.4) is 0 Å². The smallest absolute Gasteiger partial charge is 0.384 e. The van der Waals surface area contributed by atoms with E-state index in [2.05, 4.69) is 10.3 Å². The lowest BCUT2D eigenvalue weighted by Gasteiger charge is -2.35. The molecule has 0 bridgehead atoms. The van der Waals surface area contributed by atoms with Crippen LogP contribution < -0.4 is 0 Å². The number of amides is 1. The molecule has 1 atom stereocenters. The van der Waals surface area contributed by atoms with Crippen LogP contribution in [0, 0.1) is 11.3 Å². The lowest BCUT2D eigenvalue weighted by Crippen LogP contribution is -2.48. The molecule has 1 aromatic rings. The fraction of sp³-hybridized carbons (Fsp3) is 0.812. The van der Waals surface area contributed by atoms with Gasteiger partial charge < -0.3 is 10.0 Å². The molecule has 1 amide bonds. The van der Waals surface area contributed by atoms with Crippen molar-refractivity contribution in [2.75, 3.05) is 13.1 Å². The molecule has 1 unspecified atom stereocenters. The van der Waals surface area contributed by atoms with E-state index in [1.54, 1.807) is 24.7 Å². The van der Waals surface area contributed by atoms with Crippen molar-refractivity contribution in [2.45, 2.75) is 57.9 Å². The maximum Gasteiger partial charge on any atom is 0.403 e. The van der Waals surface area contributed by atoms with Crippen LogP contribution in [0.25, 0.3) is 0 Å². The van der Waals surface area contributed by atoms with E-state index < -0.39 is 23.1 Å². The first-order chi connectivity index (χ1) is 11.5. The van der Waals surface area contributed by atoms with E-state index in [4.69, 9.17) is 0 Å². The van der Waals surface area contributed by atoms with Crippen molar-refractivity contribution >= 4 is 5.91 Å². The van der Waals surface area contributed by atoms with Gasteiger partial charge in [-0.05, 0) is 45.4 Å². The maximum atomic E-state index is 13.2. The second-order valence-electron chi connectivity index (χ2n) is 7.72. The molecule has 0 aromatic carbocycles. The lowest BCUT2D eigenvalue weighted by atomic mass is 9.95. The minimum absolute atomic E-state index is 0.0260. The molecule has 140 valence electrons. The normalized spacial score (nSPS) is 23.6. The summed E-state index contributed by atoms with van der Waals surface area (Å²) in [5, 5.41) is 17.8. The second kappa shape index (κ2) is 5.96. The van der Waals surface area contributed by atoms with Crippen molar-refractivity contribution in [3.05, 3.63) is 11.9 Å². The fourth-order valence-electron chi connectivity index (χ4n) is 3.38. The third-order valence-electron chi connectivity index (χ3n) is 5.12. The summed E-state index contributed by atoms with van der Waals surface area (Å²) >= 11 is 0. The Bertz CT molecular complexity index is 647. The van der Waals surface area contributed by atoms with Crippen LogP contribution in [0.15, 0.2) is 6.20 Å². The number of piperidine rings is 1. The lowest BCUT2D eigenvalue weighted by molar-refractivity contribution is -0.199. The quantitative estimate of drug-likeness (QED) is 0.893. The Kier molecular flexibility index (Phi) is 4.33. The maximum absolute atomic E-state index is 13.2. The van der Waals surface area contributed by atoms with Crippen LogP contribution in [-0.4, -0.2) is 50.2 Å². The first-order valence-corrected chi connectivity index (χ1v) is 8.52. The molecule has 6 nitrogen and oxygen atoms in total. The van der Waals surface area contributed by atoms with Crippen LogP contribution in [-0.2, 0) is 16.9 Å². The second-order valence-corrected chi connectivity index (χ2v) is 7.72. The topological polar surface area (TPSA) is 71.2 Å². The standard InChI is InChI=1S/C16H23F3N4O2/c1-14(2,25)12-10-23(21-20-12)9-11-4-3-7-22(8-11)13(24)15(5-6-15)16(17,18)19/h10-11,25H,3-9H2,1-2H3. The number of hydrogen-bond donors (Lipinski definition) is 1. The average Bonchev–Trinajstić information content (AvgIpc) is 3.20. The zero-order valence-electron chi connectivity index (χ0n) is 14.4. The molecule has 3 rings (SSSR count). The van der Waals surface area contributed by atoms with Crippen molar-refractivity contribution in [1.29, 1.82) is 0 Å². The molecule has 0 spiro atoms. The third-order valence-corrected chi connectivity index (χ3v) is 5.12. The monoisotopic (exact) mass is 360 g/mol. The highest BCUT2D eigenvalue weighted by Gasteiger charge is 2.69. The minimum atomic E-state index is -4.47. The van der Waals surface area contributed by atoms with E-state index in [1.807, 2.05) is 0 Å². The summed E-state index contributed by atoms with van der Waals surface area (Å²) in [6, 6.07) is 0. The molecule has 1 saturated heterocycles. The summed E-state index contributed by atoms with van der Waals surface area (Å²) in [6.45, 7) is 4.35. The van der Waals surface area contributed by atoms with Gasteiger partial charge in [0.15, 0.2) is 0 Å². The predicted octanol–water partition coefficient (Wildman–Crippen LogP) is 2.09. The zero-order chi connectivity index (χ0) is 18.5. The molecule has 1 aliphatic carbocycles. The van der Waals surface area contributed by atoms with Gasteiger partial charge in [-0.25, -0.2) is 0 Å². The summed E-state index contributed by atoms with van der Waals surface area (Å²) in [7, 11) is 0. The first kappa shape index (κ1) is 18.2. The van der Waals surface area contributed by atoms with Gasteiger partial charge in [0.1, 0.15) is 16.7 Å². The van der Waals surface area contributed by atoms with Crippen molar-refractivity contribution in [3.8, 4) is 0 Å². The average molecular weight is 360 g/mol. The van der Waals surface area contributed by atoms with E-state index in [9.17, 15) is 23.1 Å². The summed E-state index contributed by atoms with van der Waals surface area (Å²) in [5.74, 6) is -0.751. The van der Waals surface area contributed by atoms with Crippen LogP contribution in [0.2, 0.25) is 0 Å². The highest BCUT2D eigenvalue weighted by atomic mass is 19.4. The van der Waals surface area contributed by atoms with Gasteiger partial charge in [-0.3, -0.25) is 9.48 Å². The zero-order valence-corrected chi connectivity index (χ0v) is 14.4. The Morgan fingerprint density at radius 3 is 2.60 bits per heavy atom. The number of hydrogen-bond acceptors (Lipinski definition) is 4. The molecule has 2 heterocycles. The van der Waals surface area contributed by atoms with Crippen molar-refractivity contribution in [2.24, 2.45) is 11.3 Å². The molecule has 0 radical (unpaired) electrons. The Hall–Kier alpha value is -1.64. The number of halogens is 3. The molecule has 1 aliphatic heterocycles. The number of rotatable bonds is 4. The third kappa shape index (κ3) is 3.51. The largest absolute Gasteiger partial charge is 0.403 e.